The Hall–Kier alpha value is -2.76. The molecule has 1 fully saturated rings. The van der Waals surface area contributed by atoms with E-state index in [2.05, 4.69) is 28.6 Å². The number of nitrogens with two attached hydrogens (primary N) is 2. The highest BCUT2D eigenvalue weighted by Gasteiger charge is 2.44. The first-order chi connectivity index (χ1) is 19.3. The van der Waals surface area contributed by atoms with E-state index in [0.717, 1.165) is 32.1 Å². The van der Waals surface area contributed by atoms with E-state index >= 15 is 0 Å². The second kappa shape index (κ2) is 16.0. The largest absolute Gasteiger partial charge is 0.343 e. The molecule has 1 radical (unpaired) electrons. The van der Waals surface area contributed by atoms with Gasteiger partial charge >= 0.3 is 0 Å². The molecule has 0 spiro atoms. The SMILES string of the molecule is C[C@H](NC(=O)[C@H](CCCCN)NC(=O)[C@@H](N)C(C)(C)S)C(=O)N[C@]([C]=O)(CC1CCCCC1)C(=O)c1ccccc1. The number of ketones is 1. The van der Waals surface area contributed by atoms with Crippen LogP contribution in [-0.4, -0.2) is 64.7 Å². The van der Waals surface area contributed by atoms with Gasteiger partial charge < -0.3 is 27.4 Å². The van der Waals surface area contributed by atoms with Gasteiger partial charge in [0.05, 0.1) is 6.04 Å². The number of hydrogen-bond acceptors (Lipinski definition) is 8. The van der Waals surface area contributed by atoms with Gasteiger partial charge in [0.15, 0.2) is 11.3 Å². The van der Waals surface area contributed by atoms with E-state index < -0.39 is 51.9 Å². The number of hydrogen-bond donors (Lipinski definition) is 6. The Balaban J connectivity index is 2.22. The van der Waals surface area contributed by atoms with Crippen LogP contribution in [0.25, 0.3) is 0 Å². The van der Waals surface area contributed by atoms with E-state index in [1.807, 2.05) is 6.29 Å². The van der Waals surface area contributed by atoms with Gasteiger partial charge in [-0.05, 0) is 58.9 Å². The lowest BCUT2D eigenvalue weighted by molar-refractivity contribution is -0.132. The molecule has 0 aliphatic heterocycles. The van der Waals surface area contributed by atoms with E-state index in [-0.39, 0.29) is 24.3 Å². The number of amides is 3. The molecule has 11 heteroatoms. The molecule has 1 aromatic carbocycles. The molecule has 1 saturated carbocycles. The Morgan fingerprint density at radius 1 is 1.00 bits per heavy atom. The van der Waals surface area contributed by atoms with Gasteiger partial charge in [0.2, 0.25) is 24.0 Å². The molecule has 1 aliphatic carbocycles. The minimum atomic E-state index is -1.89. The highest BCUT2D eigenvalue weighted by atomic mass is 32.1. The zero-order valence-electron chi connectivity index (χ0n) is 24.4. The van der Waals surface area contributed by atoms with E-state index in [0.29, 0.717) is 19.4 Å². The standard InChI is InChI=1S/C30H46N5O5S/c1-20(33-27(39)23(16-10-11-17-31)34-28(40)24(32)29(2,3)41)26(38)35-30(19-36,18-21-12-6-4-7-13-21)25(37)22-14-8-5-9-15-22/h5,8-9,14-15,20-21,23-24,41H,4,6-7,10-13,16-18,31-32H2,1-3H3,(H,33,39)(H,34,40)(H,35,38)/t20-,23-,24+,30-/m0/s1. The zero-order valence-corrected chi connectivity index (χ0v) is 25.3. The van der Waals surface area contributed by atoms with Crippen LogP contribution in [0.5, 0.6) is 0 Å². The van der Waals surface area contributed by atoms with Gasteiger partial charge in [-0.25, -0.2) is 0 Å². The molecule has 0 unspecified atom stereocenters. The second-order valence-electron chi connectivity index (χ2n) is 11.6. The molecule has 41 heavy (non-hydrogen) atoms. The maximum atomic E-state index is 13.6. The third-order valence-corrected chi connectivity index (χ3v) is 7.91. The van der Waals surface area contributed by atoms with Crippen LogP contribution in [0.2, 0.25) is 0 Å². The first kappa shape index (κ1) is 34.4. The number of benzene rings is 1. The van der Waals surface area contributed by atoms with Crippen molar-refractivity contribution < 1.29 is 24.0 Å². The number of thiol groups is 1. The predicted molar refractivity (Wildman–Crippen MR) is 162 cm³/mol. The Morgan fingerprint density at radius 3 is 2.20 bits per heavy atom. The third kappa shape index (κ3) is 10.2. The smallest absolute Gasteiger partial charge is 0.243 e. The third-order valence-electron chi connectivity index (χ3n) is 7.63. The average Bonchev–Trinajstić information content (AvgIpc) is 2.95. The minimum absolute atomic E-state index is 0.0745. The van der Waals surface area contributed by atoms with Crippen molar-refractivity contribution in [1.29, 1.82) is 0 Å². The van der Waals surface area contributed by atoms with Crippen molar-refractivity contribution in [2.45, 2.75) is 107 Å². The van der Waals surface area contributed by atoms with E-state index in [1.165, 1.54) is 6.92 Å². The Bertz CT molecular complexity index is 1040. The predicted octanol–water partition coefficient (Wildman–Crippen LogP) is 1.96. The topological polar surface area (TPSA) is 173 Å². The fourth-order valence-corrected chi connectivity index (χ4v) is 5.13. The van der Waals surface area contributed by atoms with Crippen LogP contribution in [0, 0.1) is 5.92 Å². The highest BCUT2D eigenvalue weighted by molar-refractivity contribution is 7.81. The number of carbonyl (C=O) groups is 4. The molecule has 10 nitrogen and oxygen atoms in total. The summed E-state index contributed by atoms with van der Waals surface area (Å²) in [5.41, 5.74) is 10.0. The summed E-state index contributed by atoms with van der Waals surface area (Å²) in [4.78, 5) is 65.5. The van der Waals surface area contributed by atoms with Gasteiger partial charge in [-0.1, -0.05) is 62.4 Å². The van der Waals surface area contributed by atoms with E-state index in [4.69, 9.17) is 11.5 Å². The van der Waals surface area contributed by atoms with Gasteiger partial charge in [0, 0.05) is 10.3 Å². The number of unbranched alkanes of at least 4 members (excludes halogenated alkanes) is 1. The molecule has 0 bridgehead atoms. The van der Waals surface area contributed by atoms with E-state index in [1.54, 1.807) is 44.2 Å². The molecular formula is C30H46N5O5S. The Kier molecular flexibility index (Phi) is 13.5. The van der Waals surface area contributed by atoms with Crippen molar-refractivity contribution in [1.82, 2.24) is 16.0 Å². The summed E-state index contributed by atoms with van der Waals surface area (Å²) in [6, 6.07) is 5.25. The first-order valence-corrected chi connectivity index (χ1v) is 14.9. The minimum Gasteiger partial charge on any atom is -0.343 e. The molecule has 0 aromatic heterocycles. The lowest BCUT2D eigenvalue weighted by Gasteiger charge is -2.34. The van der Waals surface area contributed by atoms with Crippen LogP contribution in [0.1, 0.15) is 88.9 Å². The van der Waals surface area contributed by atoms with Crippen molar-refractivity contribution in [2.24, 2.45) is 17.4 Å². The molecule has 227 valence electrons. The van der Waals surface area contributed by atoms with Crippen LogP contribution >= 0.6 is 12.6 Å². The number of carbonyl (C=O) groups excluding carboxylic acids is 5. The van der Waals surface area contributed by atoms with Gasteiger partial charge in [0.1, 0.15) is 12.1 Å². The summed E-state index contributed by atoms with van der Waals surface area (Å²) < 4.78 is -0.826. The molecule has 2 rings (SSSR count). The summed E-state index contributed by atoms with van der Waals surface area (Å²) >= 11 is 4.36. The van der Waals surface area contributed by atoms with Crippen molar-refractivity contribution in [3.05, 3.63) is 35.9 Å². The van der Waals surface area contributed by atoms with Gasteiger partial charge in [-0.2, -0.15) is 12.6 Å². The average molecular weight is 589 g/mol. The number of nitrogens with one attached hydrogen (secondary N) is 3. The molecule has 4 atom stereocenters. The Labute approximate surface area is 248 Å². The molecule has 3 amide bonds. The van der Waals surface area contributed by atoms with Crippen LogP contribution in [0.4, 0.5) is 0 Å². The second-order valence-corrected chi connectivity index (χ2v) is 12.8. The monoisotopic (exact) mass is 588 g/mol. The van der Waals surface area contributed by atoms with Crippen LogP contribution in [0.3, 0.4) is 0 Å². The fourth-order valence-electron chi connectivity index (χ4n) is 5.02. The zero-order chi connectivity index (χ0) is 30.6. The van der Waals surface area contributed by atoms with Crippen molar-refractivity contribution in [3.63, 3.8) is 0 Å². The molecule has 0 saturated heterocycles. The van der Waals surface area contributed by atoms with Crippen molar-refractivity contribution >= 4 is 42.4 Å². The normalized spacial score (nSPS) is 17.8. The van der Waals surface area contributed by atoms with Crippen LogP contribution in [0.15, 0.2) is 30.3 Å². The summed E-state index contributed by atoms with van der Waals surface area (Å²) in [7, 11) is 0. The summed E-state index contributed by atoms with van der Waals surface area (Å²) in [6.45, 7) is 5.26. The number of rotatable bonds is 16. The lowest BCUT2D eigenvalue weighted by atomic mass is 9.76. The van der Waals surface area contributed by atoms with Gasteiger partial charge in [0.25, 0.3) is 0 Å². The Morgan fingerprint density at radius 2 is 1.63 bits per heavy atom. The maximum absolute atomic E-state index is 13.6. The van der Waals surface area contributed by atoms with Crippen molar-refractivity contribution in [2.75, 3.05) is 6.54 Å². The lowest BCUT2D eigenvalue weighted by Crippen LogP contribution is -2.62. The molecular weight excluding hydrogens is 542 g/mol. The van der Waals surface area contributed by atoms with Gasteiger partial charge in [-0.3, -0.25) is 24.0 Å². The highest BCUT2D eigenvalue weighted by Crippen LogP contribution is 2.32. The number of Topliss-reactive ketones (excluding diaryl/α,β-unsaturated/α-hetero) is 1. The fraction of sp³-hybridized carbons (Fsp3) is 0.633. The molecule has 1 aromatic rings. The molecule has 0 heterocycles. The van der Waals surface area contributed by atoms with Crippen LogP contribution < -0.4 is 27.4 Å². The summed E-state index contributed by atoms with van der Waals surface area (Å²) in [6.07, 6.45) is 8.26. The molecule has 7 N–H and O–H groups in total. The van der Waals surface area contributed by atoms with Gasteiger partial charge in [-0.15, -0.1) is 0 Å². The van der Waals surface area contributed by atoms with E-state index in [9.17, 15) is 24.0 Å². The summed E-state index contributed by atoms with van der Waals surface area (Å²) in [5, 5.41) is 7.93. The summed E-state index contributed by atoms with van der Waals surface area (Å²) in [5.74, 6) is -2.32. The van der Waals surface area contributed by atoms with Crippen molar-refractivity contribution in [3.8, 4) is 0 Å². The quantitative estimate of drug-likeness (QED) is 0.0741. The maximum Gasteiger partial charge on any atom is 0.243 e. The van der Waals surface area contributed by atoms with Crippen LogP contribution in [-0.2, 0) is 19.2 Å². The first-order valence-electron chi connectivity index (χ1n) is 14.4. The molecule has 1 aliphatic rings.